The molecular weight excluding hydrogens is 350 g/mol. The van der Waals surface area contributed by atoms with Crippen LogP contribution in [0.5, 0.6) is 5.75 Å². The van der Waals surface area contributed by atoms with E-state index in [-0.39, 0.29) is 11.8 Å². The van der Waals surface area contributed by atoms with Crippen LogP contribution >= 0.6 is 11.6 Å². The van der Waals surface area contributed by atoms with E-state index in [1.54, 1.807) is 7.11 Å². The second-order valence-corrected chi connectivity index (χ2v) is 6.72. The predicted octanol–water partition coefficient (Wildman–Crippen LogP) is 4.07. The molecule has 0 bridgehead atoms. The van der Waals surface area contributed by atoms with Crippen LogP contribution in [-0.4, -0.2) is 22.8 Å². The highest BCUT2D eigenvalue weighted by Gasteiger charge is 2.31. The van der Waals surface area contributed by atoms with Gasteiger partial charge in [0, 0.05) is 28.5 Å². The molecule has 5 nitrogen and oxygen atoms in total. The van der Waals surface area contributed by atoms with E-state index < -0.39 is 0 Å². The number of rotatable bonds is 4. The average Bonchev–Trinajstić information content (AvgIpc) is 3.05. The number of nitrogens with zero attached hydrogens (tertiary/aromatic N) is 2. The molecule has 1 atom stereocenters. The van der Waals surface area contributed by atoms with Crippen molar-refractivity contribution in [1.82, 2.24) is 9.78 Å². The SMILES string of the molecule is COc1ccccc1[C@H]1CC(=O)Nc2c1cnn2Cc1ccc(Cl)cc1. The Morgan fingerprint density at radius 3 is 2.73 bits per heavy atom. The lowest BCUT2D eigenvalue weighted by Crippen LogP contribution is -2.25. The highest BCUT2D eigenvalue weighted by molar-refractivity contribution is 6.30. The van der Waals surface area contributed by atoms with Crippen molar-refractivity contribution < 1.29 is 9.53 Å². The van der Waals surface area contributed by atoms with Gasteiger partial charge in [-0.15, -0.1) is 0 Å². The van der Waals surface area contributed by atoms with Gasteiger partial charge in [0.2, 0.25) is 5.91 Å². The first-order valence-electron chi connectivity index (χ1n) is 8.38. The quantitative estimate of drug-likeness (QED) is 0.756. The van der Waals surface area contributed by atoms with Gasteiger partial charge in [0.05, 0.1) is 19.9 Å². The van der Waals surface area contributed by atoms with Crippen molar-refractivity contribution in [3.05, 3.63) is 76.4 Å². The Balaban J connectivity index is 1.72. The highest BCUT2D eigenvalue weighted by atomic mass is 35.5. The van der Waals surface area contributed by atoms with E-state index in [1.807, 2.05) is 59.4 Å². The van der Waals surface area contributed by atoms with E-state index in [0.717, 1.165) is 28.3 Å². The lowest BCUT2D eigenvalue weighted by Gasteiger charge is -2.25. The second-order valence-electron chi connectivity index (χ2n) is 6.28. The van der Waals surface area contributed by atoms with Crippen LogP contribution in [0.25, 0.3) is 0 Å². The minimum Gasteiger partial charge on any atom is -0.496 e. The Morgan fingerprint density at radius 1 is 1.19 bits per heavy atom. The van der Waals surface area contributed by atoms with Crippen molar-refractivity contribution in [2.24, 2.45) is 0 Å². The van der Waals surface area contributed by atoms with E-state index in [4.69, 9.17) is 16.3 Å². The Hall–Kier alpha value is -2.79. The maximum atomic E-state index is 12.3. The van der Waals surface area contributed by atoms with Crippen LogP contribution in [0.15, 0.2) is 54.7 Å². The van der Waals surface area contributed by atoms with Crippen molar-refractivity contribution >= 4 is 23.3 Å². The number of nitrogens with one attached hydrogen (secondary N) is 1. The number of hydrogen-bond acceptors (Lipinski definition) is 3. The summed E-state index contributed by atoms with van der Waals surface area (Å²) in [5.74, 6) is 1.43. The first kappa shape index (κ1) is 16.7. The van der Waals surface area contributed by atoms with Gasteiger partial charge >= 0.3 is 0 Å². The van der Waals surface area contributed by atoms with Gasteiger partial charge in [0.1, 0.15) is 11.6 Å². The Kier molecular flexibility index (Phi) is 4.39. The van der Waals surface area contributed by atoms with Crippen molar-refractivity contribution in [2.45, 2.75) is 18.9 Å². The molecule has 0 aliphatic carbocycles. The second kappa shape index (κ2) is 6.84. The molecule has 0 radical (unpaired) electrons. The zero-order valence-corrected chi connectivity index (χ0v) is 15.0. The summed E-state index contributed by atoms with van der Waals surface area (Å²) >= 11 is 5.95. The standard InChI is InChI=1S/C20H18ClN3O2/c1-26-18-5-3-2-4-15(18)16-10-19(25)23-20-17(16)11-22-24(20)12-13-6-8-14(21)9-7-13/h2-9,11,16H,10,12H2,1H3,(H,23,25)/t16-/m1/s1. The normalized spacial score (nSPS) is 16.1. The summed E-state index contributed by atoms with van der Waals surface area (Å²) in [6, 6.07) is 15.4. The number of carbonyl (C=O) groups excluding carboxylic acids is 1. The molecule has 0 saturated heterocycles. The zero-order chi connectivity index (χ0) is 18.1. The maximum absolute atomic E-state index is 12.3. The summed E-state index contributed by atoms with van der Waals surface area (Å²) in [4.78, 5) is 12.3. The summed E-state index contributed by atoms with van der Waals surface area (Å²) in [7, 11) is 1.65. The predicted molar refractivity (Wildman–Crippen MR) is 101 cm³/mol. The molecule has 0 spiro atoms. The minimum atomic E-state index is -0.0751. The fourth-order valence-electron chi connectivity index (χ4n) is 3.38. The third-order valence-corrected chi connectivity index (χ3v) is 4.90. The molecule has 0 saturated carbocycles. The number of aromatic nitrogens is 2. The van der Waals surface area contributed by atoms with Crippen LogP contribution in [0.4, 0.5) is 5.82 Å². The van der Waals surface area contributed by atoms with Crippen LogP contribution in [0.2, 0.25) is 5.02 Å². The van der Waals surface area contributed by atoms with Crippen molar-refractivity contribution in [3.8, 4) is 5.75 Å². The van der Waals surface area contributed by atoms with E-state index in [2.05, 4.69) is 10.4 Å². The van der Waals surface area contributed by atoms with Crippen molar-refractivity contribution in [2.75, 3.05) is 12.4 Å². The first-order valence-corrected chi connectivity index (χ1v) is 8.76. The molecule has 3 aromatic rings. The van der Waals surface area contributed by atoms with E-state index in [0.29, 0.717) is 18.0 Å². The molecule has 1 aromatic heterocycles. The van der Waals surface area contributed by atoms with E-state index in [1.165, 1.54) is 0 Å². The number of methoxy groups -OCH3 is 1. The number of para-hydroxylation sites is 1. The third-order valence-electron chi connectivity index (χ3n) is 4.65. The Bertz CT molecular complexity index is 950. The number of benzene rings is 2. The van der Waals surface area contributed by atoms with Gasteiger partial charge in [-0.25, -0.2) is 4.68 Å². The fourth-order valence-corrected chi connectivity index (χ4v) is 3.51. The molecule has 0 unspecified atom stereocenters. The lowest BCUT2D eigenvalue weighted by atomic mass is 9.87. The topological polar surface area (TPSA) is 56.1 Å². The molecule has 2 heterocycles. The van der Waals surface area contributed by atoms with Gasteiger partial charge in [0.15, 0.2) is 0 Å². The zero-order valence-electron chi connectivity index (χ0n) is 14.3. The van der Waals surface area contributed by atoms with Gasteiger partial charge in [0.25, 0.3) is 0 Å². The molecule has 1 amide bonds. The highest BCUT2D eigenvalue weighted by Crippen LogP contribution is 2.40. The lowest BCUT2D eigenvalue weighted by molar-refractivity contribution is -0.116. The number of ether oxygens (including phenoxy) is 1. The molecule has 6 heteroatoms. The van der Waals surface area contributed by atoms with Crippen LogP contribution < -0.4 is 10.1 Å². The minimum absolute atomic E-state index is 0.0220. The summed E-state index contributed by atoms with van der Waals surface area (Å²) in [6.45, 7) is 0.561. The number of halogens is 1. The van der Waals surface area contributed by atoms with Gasteiger partial charge in [-0.2, -0.15) is 5.10 Å². The molecule has 0 fully saturated rings. The summed E-state index contributed by atoms with van der Waals surface area (Å²) < 4.78 is 7.31. The monoisotopic (exact) mass is 367 g/mol. The van der Waals surface area contributed by atoms with Crippen LogP contribution in [-0.2, 0) is 11.3 Å². The van der Waals surface area contributed by atoms with Crippen molar-refractivity contribution in [3.63, 3.8) is 0 Å². The number of fused-ring (bicyclic) bond motifs is 1. The number of anilines is 1. The molecule has 26 heavy (non-hydrogen) atoms. The largest absolute Gasteiger partial charge is 0.496 e. The van der Waals surface area contributed by atoms with Crippen LogP contribution in [0, 0.1) is 0 Å². The molecule has 1 aliphatic rings. The Labute approximate surface area is 156 Å². The van der Waals surface area contributed by atoms with Gasteiger partial charge in [-0.3, -0.25) is 4.79 Å². The molecule has 2 aromatic carbocycles. The van der Waals surface area contributed by atoms with Gasteiger partial charge in [-0.05, 0) is 23.8 Å². The third kappa shape index (κ3) is 3.06. The molecule has 132 valence electrons. The molecule has 1 aliphatic heterocycles. The summed E-state index contributed by atoms with van der Waals surface area (Å²) in [5, 5.41) is 8.18. The smallest absolute Gasteiger partial charge is 0.226 e. The number of hydrogen-bond donors (Lipinski definition) is 1. The average molecular weight is 368 g/mol. The maximum Gasteiger partial charge on any atom is 0.226 e. The van der Waals surface area contributed by atoms with Crippen LogP contribution in [0.1, 0.15) is 29.0 Å². The van der Waals surface area contributed by atoms with E-state index in [9.17, 15) is 4.79 Å². The Morgan fingerprint density at radius 2 is 1.96 bits per heavy atom. The first-order chi connectivity index (χ1) is 12.7. The summed E-state index contributed by atoms with van der Waals surface area (Å²) in [5.41, 5.74) is 3.06. The molecular formula is C20H18ClN3O2. The van der Waals surface area contributed by atoms with Gasteiger partial charge in [-0.1, -0.05) is 41.9 Å². The van der Waals surface area contributed by atoms with Crippen LogP contribution in [0.3, 0.4) is 0 Å². The number of amides is 1. The fraction of sp³-hybridized carbons (Fsp3) is 0.200. The van der Waals surface area contributed by atoms with E-state index >= 15 is 0 Å². The van der Waals surface area contributed by atoms with Gasteiger partial charge < -0.3 is 10.1 Å². The molecule has 4 rings (SSSR count). The summed E-state index contributed by atoms with van der Waals surface area (Å²) in [6.07, 6.45) is 2.21. The van der Waals surface area contributed by atoms with Crippen molar-refractivity contribution in [1.29, 1.82) is 0 Å². The molecule has 1 N–H and O–H groups in total. The number of carbonyl (C=O) groups is 1.